The zero-order valence-corrected chi connectivity index (χ0v) is 9.36. The van der Waals surface area contributed by atoms with E-state index >= 15 is 0 Å². The average molecular weight is 289 g/mol. The second kappa shape index (κ2) is 5.48. The van der Waals surface area contributed by atoms with Crippen molar-refractivity contribution >= 4 is 28.3 Å². The molecule has 0 bridgehead atoms. The van der Waals surface area contributed by atoms with Crippen LogP contribution in [-0.2, 0) is 0 Å². The molecule has 0 fully saturated rings. The van der Waals surface area contributed by atoms with Crippen LogP contribution in [0.15, 0.2) is 22.7 Å². The van der Waals surface area contributed by atoms with Crippen molar-refractivity contribution in [1.29, 1.82) is 0 Å². The SMILES string of the molecule is Cl.N[C@H](c1cc(Br)ccc1O)C(F)F. The fraction of sp³-hybridized carbons (Fsp3) is 0.250. The molecule has 0 radical (unpaired) electrons. The van der Waals surface area contributed by atoms with Gasteiger partial charge in [0.25, 0.3) is 6.43 Å². The molecule has 0 heterocycles. The second-order valence-corrected chi connectivity index (χ2v) is 3.48. The molecule has 1 rings (SSSR count). The van der Waals surface area contributed by atoms with Gasteiger partial charge in [-0.25, -0.2) is 8.78 Å². The van der Waals surface area contributed by atoms with Crippen LogP contribution in [0.25, 0.3) is 0 Å². The van der Waals surface area contributed by atoms with Crippen LogP contribution in [0.5, 0.6) is 5.75 Å². The molecule has 1 atom stereocenters. The van der Waals surface area contributed by atoms with Crippen LogP contribution in [0.3, 0.4) is 0 Å². The molecule has 3 N–H and O–H groups in total. The maximum absolute atomic E-state index is 12.2. The van der Waals surface area contributed by atoms with Crippen molar-refractivity contribution in [2.24, 2.45) is 5.73 Å². The molecule has 0 saturated heterocycles. The lowest BCUT2D eigenvalue weighted by Gasteiger charge is -2.12. The van der Waals surface area contributed by atoms with E-state index in [0.29, 0.717) is 4.47 Å². The standard InChI is InChI=1S/C8H8BrF2NO.ClH/c9-4-1-2-6(13)5(3-4)7(12)8(10)11;/h1-3,7-8,13H,12H2;1H/t7-;/m1./s1. The normalized spacial score (nSPS) is 12.4. The van der Waals surface area contributed by atoms with Crippen molar-refractivity contribution < 1.29 is 13.9 Å². The number of halogens is 4. The highest BCUT2D eigenvalue weighted by molar-refractivity contribution is 9.10. The number of rotatable bonds is 2. The first-order chi connectivity index (χ1) is 6.02. The number of alkyl halides is 2. The molecule has 0 saturated carbocycles. The highest BCUT2D eigenvalue weighted by atomic mass is 79.9. The van der Waals surface area contributed by atoms with Crippen LogP contribution in [0.1, 0.15) is 11.6 Å². The van der Waals surface area contributed by atoms with Crippen molar-refractivity contribution in [3.63, 3.8) is 0 Å². The summed E-state index contributed by atoms with van der Waals surface area (Å²) in [6, 6.07) is 2.81. The lowest BCUT2D eigenvalue weighted by Crippen LogP contribution is -2.18. The van der Waals surface area contributed by atoms with Crippen molar-refractivity contribution in [2.45, 2.75) is 12.5 Å². The average Bonchev–Trinajstić information content (AvgIpc) is 2.08. The van der Waals surface area contributed by atoms with Gasteiger partial charge in [0.1, 0.15) is 5.75 Å². The Bertz CT molecular complexity index is 311. The molecule has 0 unspecified atom stereocenters. The summed E-state index contributed by atoms with van der Waals surface area (Å²) in [7, 11) is 0. The van der Waals surface area contributed by atoms with E-state index in [0.717, 1.165) is 0 Å². The maximum atomic E-state index is 12.2. The van der Waals surface area contributed by atoms with Gasteiger partial charge in [-0.1, -0.05) is 15.9 Å². The van der Waals surface area contributed by atoms with Gasteiger partial charge >= 0.3 is 0 Å². The van der Waals surface area contributed by atoms with Gasteiger partial charge in [-0.15, -0.1) is 12.4 Å². The summed E-state index contributed by atoms with van der Waals surface area (Å²) in [6.45, 7) is 0. The summed E-state index contributed by atoms with van der Waals surface area (Å²) in [5, 5.41) is 9.22. The number of phenolic OH excluding ortho intramolecular Hbond substituents is 1. The number of hydrogen-bond donors (Lipinski definition) is 2. The fourth-order valence-electron chi connectivity index (χ4n) is 0.928. The summed E-state index contributed by atoms with van der Waals surface area (Å²) >= 11 is 3.10. The number of hydrogen-bond acceptors (Lipinski definition) is 2. The zero-order chi connectivity index (χ0) is 10.0. The van der Waals surface area contributed by atoms with Gasteiger partial charge in [0.2, 0.25) is 0 Å². The Hall–Kier alpha value is -0.390. The zero-order valence-electron chi connectivity index (χ0n) is 6.95. The minimum atomic E-state index is -2.68. The van der Waals surface area contributed by atoms with Gasteiger partial charge in [0, 0.05) is 10.0 Å². The van der Waals surface area contributed by atoms with E-state index in [4.69, 9.17) is 5.73 Å². The summed E-state index contributed by atoms with van der Waals surface area (Å²) in [4.78, 5) is 0. The van der Waals surface area contributed by atoms with E-state index in [9.17, 15) is 13.9 Å². The molecule has 0 spiro atoms. The van der Waals surface area contributed by atoms with Crippen LogP contribution in [0.4, 0.5) is 8.78 Å². The summed E-state index contributed by atoms with van der Waals surface area (Å²) < 4.78 is 25.0. The largest absolute Gasteiger partial charge is 0.508 e. The van der Waals surface area contributed by atoms with Gasteiger partial charge in [-0.2, -0.15) is 0 Å². The van der Waals surface area contributed by atoms with E-state index in [1.807, 2.05) is 0 Å². The Morgan fingerprint density at radius 2 is 1.93 bits per heavy atom. The number of nitrogens with two attached hydrogens (primary N) is 1. The van der Waals surface area contributed by atoms with Crippen LogP contribution in [-0.4, -0.2) is 11.5 Å². The van der Waals surface area contributed by atoms with Crippen molar-refractivity contribution in [3.05, 3.63) is 28.2 Å². The van der Waals surface area contributed by atoms with Crippen LogP contribution < -0.4 is 5.73 Å². The predicted octanol–water partition coefficient (Wildman–Crippen LogP) is 2.84. The van der Waals surface area contributed by atoms with Crippen LogP contribution in [0.2, 0.25) is 0 Å². The molecule has 1 aromatic carbocycles. The highest BCUT2D eigenvalue weighted by Crippen LogP contribution is 2.29. The fourth-order valence-corrected chi connectivity index (χ4v) is 1.31. The van der Waals surface area contributed by atoms with E-state index < -0.39 is 12.5 Å². The highest BCUT2D eigenvalue weighted by Gasteiger charge is 2.20. The summed E-state index contributed by atoms with van der Waals surface area (Å²) in [5.41, 5.74) is 5.22. The quantitative estimate of drug-likeness (QED) is 0.879. The maximum Gasteiger partial charge on any atom is 0.257 e. The number of phenols is 1. The smallest absolute Gasteiger partial charge is 0.257 e. The molecule has 14 heavy (non-hydrogen) atoms. The van der Waals surface area contributed by atoms with Crippen molar-refractivity contribution in [2.75, 3.05) is 0 Å². The molecule has 6 heteroatoms. The van der Waals surface area contributed by atoms with Crippen molar-refractivity contribution in [1.82, 2.24) is 0 Å². The Morgan fingerprint density at radius 1 is 1.36 bits per heavy atom. The van der Waals surface area contributed by atoms with Crippen molar-refractivity contribution in [3.8, 4) is 5.75 Å². The summed E-state index contributed by atoms with van der Waals surface area (Å²) in [6.07, 6.45) is -2.68. The molecule has 0 aliphatic heterocycles. The lowest BCUT2D eigenvalue weighted by molar-refractivity contribution is 0.115. The Kier molecular flexibility index (Phi) is 5.33. The summed E-state index contributed by atoms with van der Waals surface area (Å²) in [5.74, 6) is -0.212. The molecule has 0 aliphatic carbocycles. The molecule has 1 aromatic rings. The third-order valence-corrected chi connectivity index (χ3v) is 2.11. The minimum absolute atomic E-state index is 0. The Labute approximate surface area is 94.6 Å². The third kappa shape index (κ3) is 3.08. The monoisotopic (exact) mass is 287 g/mol. The van der Waals surface area contributed by atoms with Gasteiger partial charge in [-0.3, -0.25) is 0 Å². The van der Waals surface area contributed by atoms with Gasteiger partial charge in [0.15, 0.2) is 0 Å². The predicted molar refractivity (Wildman–Crippen MR) is 56.0 cm³/mol. The molecule has 2 nitrogen and oxygen atoms in total. The Balaban J connectivity index is 0.00000169. The first-order valence-corrected chi connectivity index (χ1v) is 4.34. The van der Waals surface area contributed by atoms with Crippen LogP contribution in [0, 0.1) is 0 Å². The third-order valence-electron chi connectivity index (χ3n) is 1.62. The van der Waals surface area contributed by atoms with Gasteiger partial charge < -0.3 is 10.8 Å². The van der Waals surface area contributed by atoms with Gasteiger partial charge in [-0.05, 0) is 18.2 Å². The molecule has 0 aromatic heterocycles. The van der Waals surface area contributed by atoms with Crippen LogP contribution >= 0.6 is 28.3 Å². The second-order valence-electron chi connectivity index (χ2n) is 2.56. The molecule has 0 amide bonds. The number of aromatic hydroxyl groups is 1. The number of benzene rings is 1. The topological polar surface area (TPSA) is 46.2 Å². The molecular formula is C8H9BrClF2NO. The van der Waals surface area contributed by atoms with E-state index in [1.54, 1.807) is 6.07 Å². The molecule has 80 valence electrons. The molecule has 0 aliphatic rings. The first kappa shape index (κ1) is 13.6. The van der Waals surface area contributed by atoms with Gasteiger partial charge in [0.05, 0.1) is 6.04 Å². The van der Waals surface area contributed by atoms with E-state index in [1.165, 1.54) is 12.1 Å². The van der Waals surface area contributed by atoms with E-state index in [2.05, 4.69) is 15.9 Å². The minimum Gasteiger partial charge on any atom is -0.508 e. The molecular weight excluding hydrogens is 279 g/mol. The van der Waals surface area contributed by atoms with E-state index in [-0.39, 0.29) is 23.7 Å². The first-order valence-electron chi connectivity index (χ1n) is 3.54. The Morgan fingerprint density at radius 3 is 2.43 bits per heavy atom. The lowest BCUT2D eigenvalue weighted by atomic mass is 10.1.